The number of nitrogens with one attached hydrogen (secondary N) is 1. The third kappa shape index (κ3) is 5.32. The predicted molar refractivity (Wildman–Crippen MR) is 112 cm³/mol. The molecule has 0 saturated carbocycles. The summed E-state index contributed by atoms with van der Waals surface area (Å²) in [5.41, 5.74) is 3.48. The van der Waals surface area contributed by atoms with E-state index in [4.69, 9.17) is 0 Å². The summed E-state index contributed by atoms with van der Waals surface area (Å²) >= 11 is 0. The zero-order valence-electron chi connectivity index (χ0n) is 15.0. The molecule has 0 bridgehead atoms. The number of nitrogens with zero attached hydrogens (tertiary/aromatic N) is 2. The van der Waals surface area contributed by atoms with E-state index in [1.54, 1.807) is 12.1 Å². The van der Waals surface area contributed by atoms with Gasteiger partial charge < -0.3 is 4.98 Å². The van der Waals surface area contributed by atoms with Crippen molar-refractivity contribution in [2.24, 2.45) is 0 Å². The molecule has 144 valence electrons. The molecule has 6 heteroatoms. The van der Waals surface area contributed by atoms with Crippen molar-refractivity contribution in [2.75, 3.05) is 13.1 Å². The van der Waals surface area contributed by atoms with E-state index in [1.807, 2.05) is 6.20 Å². The number of imidazole rings is 1. The van der Waals surface area contributed by atoms with Gasteiger partial charge in [0.1, 0.15) is 11.6 Å². The van der Waals surface area contributed by atoms with E-state index in [9.17, 15) is 4.39 Å². The standard InChI is InChI=1S/C21H22FN3.2ClH/c22-19-8-6-18(7-9-19)21-23-14-20(24-21)15-25-12-10-17(11-13-25)16-4-2-1-3-5-16;;/h1-9,14,17H,10-13,15H2,(H,23,24);2*1H. The van der Waals surface area contributed by atoms with Crippen molar-refractivity contribution in [1.82, 2.24) is 14.9 Å². The number of rotatable bonds is 4. The highest BCUT2D eigenvalue weighted by atomic mass is 35.5. The molecule has 0 spiro atoms. The van der Waals surface area contributed by atoms with Gasteiger partial charge in [0.05, 0.1) is 0 Å². The molecule has 27 heavy (non-hydrogen) atoms. The van der Waals surface area contributed by atoms with E-state index in [0.29, 0.717) is 5.92 Å². The molecule has 1 aliphatic rings. The largest absolute Gasteiger partial charge is 0.341 e. The van der Waals surface area contributed by atoms with Gasteiger partial charge in [-0.25, -0.2) is 9.37 Å². The zero-order valence-corrected chi connectivity index (χ0v) is 16.6. The molecule has 0 unspecified atom stereocenters. The minimum Gasteiger partial charge on any atom is -0.341 e. The number of hydrogen-bond acceptors (Lipinski definition) is 2. The van der Waals surface area contributed by atoms with Crippen molar-refractivity contribution >= 4 is 24.8 Å². The van der Waals surface area contributed by atoms with Crippen LogP contribution in [0, 0.1) is 5.82 Å². The quantitative estimate of drug-likeness (QED) is 0.624. The molecule has 2 heterocycles. The van der Waals surface area contributed by atoms with Crippen molar-refractivity contribution in [3.63, 3.8) is 0 Å². The van der Waals surface area contributed by atoms with E-state index in [1.165, 1.54) is 30.5 Å². The fourth-order valence-electron chi connectivity index (χ4n) is 3.58. The molecule has 1 saturated heterocycles. The van der Waals surface area contributed by atoms with Crippen LogP contribution >= 0.6 is 24.8 Å². The van der Waals surface area contributed by atoms with Gasteiger partial charge in [0, 0.05) is 24.0 Å². The van der Waals surface area contributed by atoms with Crippen LogP contribution in [-0.2, 0) is 6.54 Å². The molecule has 1 N–H and O–H groups in total. The van der Waals surface area contributed by atoms with E-state index in [-0.39, 0.29) is 30.6 Å². The topological polar surface area (TPSA) is 31.9 Å². The fraction of sp³-hybridized carbons (Fsp3) is 0.286. The summed E-state index contributed by atoms with van der Waals surface area (Å²) in [6, 6.07) is 17.3. The predicted octanol–water partition coefficient (Wildman–Crippen LogP) is 5.44. The zero-order chi connectivity index (χ0) is 17.1. The summed E-state index contributed by atoms with van der Waals surface area (Å²) in [7, 11) is 0. The molecule has 1 aliphatic heterocycles. The second-order valence-corrected chi connectivity index (χ2v) is 6.73. The van der Waals surface area contributed by atoms with Gasteiger partial charge in [-0.15, -0.1) is 24.8 Å². The summed E-state index contributed by atoms with van der Waals surface area (Å²) in [5, 5.41) is 0. The Morgan fingerprint density at radius 2 is 1.63 bits per heavy atom. The van der Waals surface area contributed by atoms with Crippen molar-refractivity contribution in [3.05, 3.63) is 77.9 Å². The highest BCUT2D eigenvalue weighted by molar-refractivity contribution is 5.85. The van der Waals surface area contributed by atoms with Gasteiger partial charge in [-0.1, -0.05) is 30.3 Å². The monoisotopic (exact) mass is 407 g/mol. The van der Waals surface area contributed by atoms with Crippen molar-refractivity contribution in [1.29, 1.82) is 0 Å². The van der Waals surface area contributed by atoms with Gasteiger partial charge in [-0.3, -0.25) is 4.90 Å². The van der Waals surface area contributed by atoms with Gasteiger partial charge >= 0.3 is 0 Å². The summed E-state index contributed by atoms with van der Waals surface area (Å²) in [6.07, 6.45) is 4.29. The van der Waals surface area contributed by atoms with Crippen LogP contribution < -0.4 is 0 Å². The average Bonchev–Trinajstić information content (AvgIpc) is 3.12. The summed E-state index contributed by atoms with van der Waals surface area (Å²) in [4.78, 5) is 10.3. The van der Waals surface area contributed by atoms with Crippen LogP contribution in [0.2, 0.25) is 0 Å². The van der Waals surface area contributed by atoms with Crippen LogP contribution in [0.25, 0.3) is 11.4 Å². The highest BCUT2D eigenvalue weighted by Gasteiger charge is 2.20. The van der Waals surface area contributed by atoms with Gasteiger partial charge in [0.2, 0.25) is 0 Å². The van der Waals surface area contributed by atoms with Gasteiger partial charge in [-0.2, -0.15) is 0 Å². The molecule has 3 aromatic rings. The Hall–Kier alpha value is -1.88. The lowest BCUT2D eigenvalue weighted by molar-refractivity contribution is 0.203. The Labute approximate surface area is 171 Å². The first-order valence-electron chi connectivity index (χ1n) is 8.85. The maximum absolute atomic E-state index is 13.0. The van der Waals surface area contributed by atoms with Gasteiger partial charge in [-0.05, 0) is 61.7 Å². The fourth-order valence-corrected chi connectivity index (χ4v) is 3.58. The van der Waals surface area contributed by atoms with Gasteiger partial charge in [0.15, 0.2) is 0 Å². The number of hydrogen-bond donors (Lipinski definition) is 1. The van der Waals surface area contributed by atoms with Crippen molar-refractivity contribution in [2.45, 2.75) is 25.3 Å². The number of benzene rings is 2. The minimum atomic E-state index is -0.225. The summed E-state index contributed by atoms with van der Waals surface area (Å²) < 4.78 is 13.0. The Kier molecular flexibility index (Phi) is 7.84. The lowest BCUT2D eigenvalue weighted by Gasteiger charge is -2.31. The second-order valence-electron chi connectivity index (χ2n) is 6.73. The number of likely N-dealkylation sites (tertiary alicyclic amines) is 1. The SMILES string of the molecule is Cl.Cl.Fc1ccc(-c2ncc(CN3CCC(c4ccccc4)CC3)[nH]2)cc1. The molecule has 0 aliphatic carbocycles. The average molecular weight is 408 g/mol. The Morgan fingerprint density at radius 1 is 0.963 bits per heavy atom. The second kappa shape index (κ2) is 9.88. The van der Waals surface area contributed by atoms with Crippen LogP contribution in [0.3, 0.4) is 0 Å². The smallest absolute Gasteiger partial charge is 0.137 e. The molecule has 1 fully saturated rings. The number of H-pyrrole nitrogens is 1. The third-order valence-electron chi connectivity index (χ3n) is 5.00. The summed E-state index contributed by atoms with van der Waals surface area (Å²) in [6.45, 7) is 3.09. The minimum absolute atomic E-state index is 0. The van der Waals surface area contributed by atoms with Crippen LogP contribution in [0.4, 0.5) is 4.39 Å². The maximum Gasteiger partial charge on any atom is 0.137 e. The molecule has 0 amide bonds. The maximum atomic E-state index is 13.0. The van der Waals surface area contributed by atoms with Crippen LogP contribution in [0.15, 0.2) is 60.8 Å². The first-order valence-corrected chi connectivity index (χ1v) is 8.85. The Balaban J connectivity index is 0.00000131. The molecule has 0 radical (unpaired) electrons. The highest BCUT2D eigenvalue weighted by Crippen LogP contribution is 2.28. The molecule has 4 rings (SSSR count). The lowest BCUT2D eigenvalue weighted by Crippen LogP contribution is -2.32. The lowest BCUT2D eigenvalue weighted by atomic mass is 9.89. The molecule has 1 aromatic heterocycles. The van der Waals surface area contributed by atoms with Crippen LogP contribution in [-0.4, -0.2) is 28.0 Å². The molecule has 3 nitrogen and oxygen atoms in total. The number of piperidine rings is 1. The molecule has 0 atom stereocenters. The summed E-state index contributed by atoms with van der Waals surface area (Å²) in [5.74, 6) is 1.25. The van der Waals surface area contributed by atoms with Crippen LogP contribution in [0.5, 0.6) is 0 Å². The first kappa shape index (κ1) is 21.4. The number of aromatic nitrogens is 2. The van der Waals surface area contributed by atoms with E-state index >= 15 is 0 Å². The van der Waals surface area contributed by atoms with E-state index in [2.05, 4.69) is 45.2 Å². The first-order chi connectivity index (χ1) is 12.3. The van der Waals surface area contributed by atoms with Gasteiger partial charge in [0.25, 0.3) is 0 Å². The molecular formula is C21H24Cl2FN3. The Bertz CT molecular complexity index is 813. The van der Waals surface area contributed by atoms with E-state index in [0.717, 1.165) is 36.7 Å². The van der Waals surface area contributed by atoms with E-state index < -0.39 is 0 Å². The van der Waals surface area contributed by atoms with Crippen molar-refractivity contribution < 1.29 is 4.39 Å². The van der Waals surface area contributed by atoms with Crippen molar-refractivity contribution in [3.8, 4) is 11.4 Å². The Morgan fingerprint density at radius 3 is 2.30 bits per heavy atom. The number of halogens is 3. The third-order valence-corrected chi connectivity index (χ3v) is 5.00. The number of aromatic amines is 1. The molecular weight excluding hydrogens is 384 g/mol. The molecule has 2 aromatic carbocycles. The normalized spacial score (nSPS) is 15.0. The van der Waals surface area contributed by atoms with Crippen LogP contribution in [0.1, 0.15) is 30.0 Å².